The van der Waals surface area contributed by atoms with Crippen molar-refractivity contribution in [2.75, 3.05) is 85.3 Å². The van der Waals surface area contributed by atoms with Crippen molar-refractivity contribution in [2.45, 2.75) is 45.1 Å². The molecule has 0 saturated carbocycles. The van der Waals surface area contributed by atoms with E-state index < -0.39 is 5.82 Å². The van der Waals surface area contributed by atoms with Crippen LogP contribution < -0.4 is 22.1 Å². The van der Waals surface area contributed by atoms with Crippen LogP contribution in [0, 0.1) is 12.7 Å². The average Bonchev–Trinajstić information content (AvgIpc) is 3.54. The van der Waals surface area contributed by atoms with Crippen molar-refractivity contribution < 1.29 is 42.8 Å². The number of ether oxygens (including phenoxy) is 4. The van der Waals surface area contributed by atoms with Gasteiger partial charge in [0.1, 0.15) is 11.5 Å². The first kappa shape index (κ1) is 41.2. The first-order chi connectivity index (χ1) is 25.5. The fraction of sp³-hybridized carbons (Fsp3) is 0.528. The van der Waals surface area contributed by atoms with Crippen LogP contribution in [0.4, 0.5) is 15.8 Å². The molecule has 3 amide bonds. The van der Waals surface area contributed by atoms with Crippen LogP contribution in [0.5, 0.6) is 0 Å². The quantitative estimate of drug-likeness (QED) is 0.0872. The van der Waals surface area contributed by atoms with E-state index in [1.165, 1.54) is 18.6 Å². The summed E-state index contributed by atoms with van der Waals surface area (Å²) in [5.41, 5.74) is 15.4. The monoisotopic (exact) mass is 742 g/mol. The molecule has 0 radical (unpaired) electrons. The maximum Gasteiger partial charge on any atom is 0.238 e. The molecule has 2 aromatic rings. The summed E-state index contributed by atoms with van der Waals surface area (Å²) in [7, 11) is 1.70. The summed E-state index contributed by atoms with van der Waals surface area (Å²) >= 11 is 0. The van der Waals surface area contributed by atoms with Crippen molar-refractivity contribution in [3.63, 3.8) is 0 Å². The highest BCUT2D eigenvalue weighted by Crippen LogP contribution is 2.40. The number of nitrogens with two attached hydrogens (primary N) is 2. The highest BCUT2D eigenvalue weighted by molar-refractivity contribution is 6.02. The first-order valence-corrected chi connectivity index (χ1v) is 17.7. The number of carbonyl (C=O) groups is 3. The highest BCUT2D eigenvalue weighted by Gasteiger charge is 2.26. The van der Waals surface area contributed by atoms with E-state index in [4.69, 9.17) is 30.4 Å². The zero-order chi connectivity index (χ0) is 38.2. The van der Waals surface area contributed by atoms with E-state index >= 15 is 4.39 Å². The van der Waals surface area contributed by atoms with Gasteiger partial charge in [-0.2, -0.15) is 0 Å². The van der Waals surface area contributed by atoms with Crippen LogP contribution in [-0.2, 0) is 33.3 Å². The lowest BCUT2D eigenvalue weighted by molar-refractivity contribution is -0.145. The molecular formula is C36H51FN8O8. The SMILES string of the molecule is Cc1c(N)cncc1-c1cc(/C=C(\N)NC(=O)CCCC(=O)NCCOCCOCCOCCOCCC(=O)N(C)N2CC[C@@H](O)C2)c2c(c1F)N=C2. The maximum atomic E-state index is 15.2. The summed E-state index contributed by atoms with van der Waals surface area (Å²) in [6.45, 7) is 6.15. The molecule has 290 valence electrons. The predicted molar refractivity (Wildman–Crippen MR) is 196 cm³/mol. The molecule has 16 nitrogen and oxygen atoms in total. The molecule has 0 spiro atoms. The molecule has 0 aliphatic carbocycles. The number of nitrogens with one attached hydrogen (secondary N) is 2. The average molecular weight is 743 g/mol. The molecule has 0 unspecified atom stereocenters. The number of hydrogen-bond donors (Lipinski definition) is 5. The molecule has 1 fully saturated rings. The number of β-amino-alcohol motifs (C(OH)–C–C–N with tert-alkyl or cyclic N) is 1. The molecule has 3 heterocycles. The molecule has 1 saturated heterocycles. The van der Waals surface area contributed by atoms with Gasteiger partial charge in [0.15, 0.2) is 5.82 Å². The van der Waals surface area contributed by atoms with Crippen LogP contribution >= 0.6 is 0 Å². The van der Waals surface area contributed by atoms with E-state index in [1.807, 2.05) is 5.01 Å². The van der Waals surface area contributed by atoms with E-state index in [0.29, 0.717) is 113 Å². The van der Waals surface area contributed by atoms with Gasteiger partial charge in [-0.25, -0.2) is 9.40 Å². The fourth-order valence-electron chi connectivity index (χ4n) is 5.56. The van der Waals surface area contributed by atoms with Crippen LogP contribution in [0.15, 0.2) is 29.3 Å². The number of nitrogen functional groups attached to an aromatic ring is 1. The molecule has 7 N–H and O–H groups in total. The van der Waals surface area contributed by atoms with Gasteiger partial charge in [-0.15, -0.1) is 0 Å². The third-order valence-electron chi connectivity index (χ3n) is 8.65. The lowest BCUT2D eigenvalue weighted by atomic mass is 9.93. The Morgan fingerprint density at radius 3 is 2.30 bits per heavy atom. The normalized spacial score (nSPS) is 15.2. The second-order valence-corrected chi connectivity index (χ2v) is 12.6. The zero-order valence-electron chi connectivity index (χ0n) is 30.4. The van der Waals surface area contributed by atoms with E-state index in [1.54, 1.807) is 31.1 Å². The van der Waals surface area contributed by atoms with Gasteiger partial charge in [-0.05, 0) is 43.0 Å². The Morgan fingerprint density at radius 2 is 1.66 bits per heavy atom. The molecule has 17 heteroatoms. The number of halogens is 1. The number of aliphatic hydroxyl groups excluding tert-OH is 1. The molecule has 2 aliphatic heterocycles. The minimum atomic E-state index is -0.484. The van der Waals surface area contributed by atoms with Gasteiger partial charge < -0.3 is 46.2 Å². The van der Waals surface area contributed by atoms with Crippen molar-refractivity contribution in [3.8, 4) is 11.1 Å². The number of hydrogen-bond acceptors (Lipinski definition) is 13. The standard InChI is InChI=1S/C36H51FN8O8/c1-24-28(20-40-22-30(24)38)27-18-25(29-21-42-36(29)35(27)37)19-31(39)43-33(48)5-3-4-32(47)41-8-11-51-13-15-53-17-16-52-14-12-50-10-7-34(49)44(2)45-9-6-26(46)23-45/h18-22,26,46H,3-17,23,38-39H2,1-2H3,(H,41,47)(H,43,48)/b31-19+/t26-/m1/s1. The van der Waals surface area contributed by atoms with Crippen LogP contribution in [0.2, 0.25) is 0 Å². The Hall–Kier alpha value is -4.52. The lowest BCUT2D eigenvalue weighted by Gasteiger charge is -2.27. The number of aromatic nitrogens is 1. The zero-order valence-corrected chi connectivity index (χ0v) is 30.4. The molecule has 1 atom stereocenters. The molecule has 4 rings (SSSR count). The third kappa shape index (κ3) is 12.8. The largest absolute Gasteiger partial charge is 0.397 e. The molecule has 53 heavy (non-hydrogen) atoms. The number of fused-ring (bicyclic) bond motifs is 1. The van der Waals surface area contributed by atoms with E-state index in [2.05, 4.69) is 20.6 Å². The Balaban J connectivity index is 0.974. The number of amides is 3. The second kappa shape index (κ2) is 21.2. The van der Waals surface area contributed by atoms with E-state index in [0.717, 1.165) is 0 Å². The van der Waals surface area contributed by atoms with Gasteiger partial charge in [0.2, 0.25) is 17.7 Å². The Kier molecular flexibility index (Phi) is 16.5. The van der Waals surface area contributed by atoms with Crippen molar-refractivity contribution in [1.29, 1.82) is 0 Å². The van der Waals surface area contributed by atoms with Crippen molar-refractivity contribution >= 4 is 41.4 Å². The highest BCUT2D eigenvalue weighted by atomic mass is 19.1. The molecule has 1 aromatic heterocycles. The minimum absolute atomic E-state index is 0.0554. The molecule has 0 bridgehead atoms. The third-order valence-corrected chi connectivity index (χ3v) is 8.65. The predicted octanol–water partition coefficient (Wildman–Crippen LogP) is 1.40. The van der Waals surface area contributed by atoms with Gasteiger partial charge in [0.05, 0.1) is 77.3 Å². The number of nitrogens with zero attached hydrogens (tertiary/aromatic N) is 4. The summed E-state index contributed by atoms with van der Waals surface area (Å²) in [5, 5.41) is 18.4. The van der Waals surface area contributed by atoms with Gasteiger partial charge in [0.25, 0.3) is 0 Å². The number of aliphatic imine (C=N–C) groups is 1. The molecular weight excluding hydrogens is 691 g/mol. The molecule has 1 aromatic carbocycles. The minimum Gasteiger partial charge on any atom is -0.397 e. The summed E-state index contributed by atoms with van der Waals surface area (Å²) in [4.78, 5) is 44.9. The Bertz CT molecular complexity index is 1620. The van der Waals surface area contributed by atoms with Crippen molar-refractivity contribution in [1.82, 2.24) is 25.6 Å². The van der Waals surface area contributed by atoms with Crippen LogP contribution in [0.3, 0.4) is 0 Å². The first-order valence-electron chi connectivity index (χ1n) is 17.7. The summed E-state index contributed by atoms with van der Waals surface area (Å²) < 4.78 is 37.0. The summed E-state index contributed by atoms with van der Waals surface area (Å²) in [6.07, 6.45) is 7.21. The summed E-state index contributed by atoms with van der Waals surface area (Å²) in [5.74, 6) is -1.02. The van der Waals surface area contributed by atoms with Gasteiger partial charge >= 0.3 is 0 Å². The molecule has 2 aliphatic rings. The lowest BCUT2D eigenvalue weighted by Crippen LogP contribution is -2.43. The second-order valence-electron chi connectivity index (χ2n) is 12.6. The van der Waals surface area contributed by atoms with E-state index in [9.17, 15) is 19.5 Å². The van der Waals surface area contributed by atoms with Crippen molar-refractivity contribution in [3.05, 3.63) is 46.8 Å². The van der Waals surface area contributed by atoms with Crippen LogP contribution in [-0.4, -0.2) is 130 Å². The fourth-order valence-corrected chi connectivity index (χ4v) is 5.56. The van der Waals surface area contributed by atoms with Gasteiger partial charge in [-0.1, -0.05) is 0 Å². The number of pyridine rings is 1. The number of carbonyl (C=O) groups excluding carboxylic acids is 3. The van der Waals surface area contributed by atoms with Crippen LogP contribution in [0.1, 0.15) is 48.8 Å². The number of aliphatic hydroxyl groups is 1. The topological polar surface area (TPSA) is 216 Å². The number of anilines is 1. The van der Waals surface area contributed by atoms with Crippen molar-refractivity contribution in [2.24, 2.45) is 10.7 Å². The number of hydrazine groups is 1. The Labute approximate surface area is 308 Å². The van der Waals surface area contributed by atoms with Gasteiger partial charge in [-0.3, -0.25) is 29.4 Å². The van der Waals surface area contributed by atoms with Gasteiger partial charge in [0, 0.05) is 68.6 Å². The van der Waals surface area contributed by atoms with Crippen LogP contribution in [0.25, 0.3) is 17.2 Å². The maximum absolute atomic E-state index is 15.2. The Morgan fingerprint density at radius 1 is 1.00 bits per heavy atom. The smallest absolute Gasteiger partial charge is 0.238 e. The number of benzene rings is 1. The summed E-state index contributed by atoms with van der Waals surface area (Å²) in [6, 6.07) is 1.62. The van der Waals surface area contributed by atoms with E-state index in [-0.39, 0.29) is 60.2 Å². The number of rotatable bonds is 23.